The molecule has 0 unspecified atom stereocenters. The van der Waals surface area contributed by atoms with Crippen molar-refractivity contribution in [3.8, 4) is 0 Å². The number of hydrogen-bond acceptors (Lipinski definition) is 2. The molecule has 0 heterocycles. The molecule has 0 saturated carbocycles. The topological polar surface area (TPSA) is 34.1 Å². The van der Waals surface area contributed by atoms with Crippen LogP contribution in [0.1, 0.15) is 11.1 Å². The zero-order valence-electron chi connectivity index (χ0n) is 12.9. The van der Waals surface area contributed by atoms with Gasteiger partial charge in [0.25, 0.3) is 5.92 Å². The predicted molar refractivity (Wildman–Crippen MR) is 91.5 cm³/mol. The third kappa shape index (κ3) is 3.24. The molecule has 2 nitrogen and oxygen atoms in total. The Bertz CT molecular complexity index is 1080. The fourth-order valence-corrected chi connectivity index (χ4v) is 3.66. The summed E-state index contributed by atoms with van der Waals surface area (Å²) in [5.74, 6) is -4.16. The lowest BCUT2D eigenvalue weighted by molar-refractivity contribution is 0.0445. The Morgan fingerprint density at radius 2 is 1.68 bits per heavy atom. The smallest absolute Gasteiger partial charge is 0.224 e. The van der Waals surface area contributed by atoms with Gasteiger partial charge in [-0.25, -0.2) is 12.8 Å². The number of alkyl halides is 2. The molecule has 0 aliphatic rings. The Morgan fingerprint density at radius 3 is 2.32 bits per heavy atom. The summed E-state index contributed by atoms with van der Waals surface area (Å²) in [7, 11) is -3.57. The highest BCUT2D eigenvalue weighted by Crippen LogP contribution is 2.42. The Balaban J connectivity index is 2.22. The number of sulfone groups is 1. The summed E-state index contributed by atoms with van der Waals surface area (Å²) in [5.41, 5.74) is -0.947. The van der Waals surface area contributed by atoms with Gasteiger partial charge in [0, 0.05) is 17.4 Å². The van der Waals surface area contributed by atoms with E-state index in [0.29, 0.717) is 5.39 Å². The van der Waals surface area contributed by atoms with E-state index < -0.39 is 32.7 Å². The van der Waals surface area contributed by atoms with E-state index in [0.717, 1.165) is 30.5 Å². The van der Waals surface area contributed by atoms with Crippen LogP contribution < -0.4 is 0 Å². The third-order valence-electron chi connectivity index (χ3n) is 3.89. The number of benzene rings is 3. The van der Waals surface area contributed by atoms with Gasteiger partial charge in [-0.05, 0) is 41.1 Å². The van der Waals surface area contributed by atoms with Crippen molar-refractivity contribution in [1.82, 2.24) is 0 Å². The summed E-state index contributed by atoms with van der Waals surface area (Å²) in [6, 6.07) is 10.9. The van der Waals surface area contributed by atoms with Crippen molar-refractivity contribution in [2.75, 3.05) is 6.26 Å². The summed E-state index contributed by atoms with van der Waals surface area (Å²) < 4.78 is 66.8. The van der Waals surface area contributed by atoms with Gasteiger partial charge in [-0.15, -0.1) is 0 Å². The van der Waals surface area contributed by atoms with E-state index in [9.17, 15) is 12.8 Å². The predicted octanol–water partition coefficient (Wildman–Crippen LogP) is 5.18. The lowest BCUT2D eigenvalue weighted by Gasteiger charge is -2.21. The molecular formula is C18H12ClF3O2S. The van der Waals surface area contributed by atoms with E-state index in [4.69, 9.17) is 11.6 Å². The molecule has 0 bridgehead atoms. The van der Waals surface area contributed by atoms with Gasteiger partial charge in [-0.3, -0.25) is 0 Å². The largest absolute Gasteiger partial charge is 0.300 e. The quantitative estimate of drug-likeness (QED) is 0.623. The monoisotopic (exact) mass is 384 g/mol. The van der Waals surface area contributed by atoms with Crippen LogP contribution in [0.3, 0.4) is 0 Å². The first-order chi connectivity index (χ1) is 11.6. The fraction of sp³-hybridized carbons (Fsp3) is 0.111. The number of halogens is 4. The van der Waals surface area contributed by atoms with Crippen molar-refractivity contribution >= 4 is 32.2 Å². The summed E-state index contributed by atoms with van der Waals surface area (Å²) in [6.45, 7) is 0. The summed E-state index contributed by atoms with van der Waals surface area (Å²) >= 11 is 5.93. The first-order valence-electron chi connectivity index (χ1n) is 7.17. The van der Waals surface area contributed by atoms with Gasteiger partial charge in [0.15, 0.2) is 9.84 Å². The molecule has 3 aromatic carbocycles. The minimum atomic E-state index is -3.57. The van der Waals surface area contributed by atoms with E-state index in [-0.39, 0.29) is 15.3 Å². The average molecular weight is 385 g/mol. The van der Waals surface area contributed by atoms with E-state index in [1.165, 1.54) is 24.3 Å². The standard InChI is InChI=1S/C18H12ClF3O2S/c1-25(23,24)13-7-8-16(17(19)10-13)18(21,22)15-4-2-3-11-5-6-12(20)9-14(11)15/h2-10H,1H3. The molecule has 0 fully saturated rings. The maximum atomic E-state index is 15.1. The highest BCUT2D eigenvalue weighted by atomic mass is 35.5. The lowest BCUT2D eigenvalue weighted by atomic mass is 9.95. The van der Waals surface area contributed by atoms with E-state index in [1.807, 2.05) is 0 Å². The molecule has 0 aliphatic carbocycles. The normalized spacial score (nSPS) is 12.5. The van der Waals surface area contributed by atoms with Crippen molar-refractivity contribution in [3.63, 3.8) is 0 Å². The van der Waals surface area contributed by atoms with Crippen molar-refractivity contribution in [2.45, 2.75) is 10.8 Å². The Morgan fingerprint density at radius 1 is 0.960 bits per heavy atom. The van der Waals surface area contributed by atoms with E-state index in [1.54, 1.807) is 6.07 Å². The molecule has 3 rings (SSSR count). The van der Waals surface area contributed by atoms with Gasteiger partial charge in [-0.1, -0.05) is 35.9 Å². The zero-order chi connectivity index (χ0) is 18.4. The van der Waals surface area contributed by atoms with Crippen LogP contribution in [-0.2, 0) is 15.8 Å². The minimum Gasteiger partial charge on any atom is -0.224 e. The second-order valence-corrected chi connectivity index (χ2v) is 8.08. The van der Waals surface area contributed by atoms with Gasteiger partial charge in [0.2, 0.25) is 0 Å². The lowest BCUT2D eigenvalue weighted by Crippen LogP contribution is -2.17. The minimum absolute atomic E-state index is 0.0655. The molecule has 25 heavy (non-hydrogen) atoms. The van der Waals surface area contributed by atoms with Crippen LogP contribution in [0.5, 0.6) is 0 Å². The summed E-state index contributed by atoms with van der Waals surface area (Å²) in [4.78, 5) is -0.152. The Hall–Kier alpha value is -2.05. The number of hydrogen-bond donors (Lipinski definition) is 0. The molecule has 0 atom stereocenters. The van der Waals surface area contributed by atoms with Crippen LogP contribution in [-0.4, -0.2) is 14.7 Å². The Labute approximate surface area is 147 Å². The van der Waals surface area contributed by atoms with Crippen molar-refractivity contribution in [2.24, 2.45) is 0 Å². The fourth-order valence-electron chi connectivity index (χ4n) is 2.64. The molecule has 130 valence electrons. The number of rotatable bonds is 3. The number of fused-ring (bicyclic) bond motifs is 1. The highest BCUT2D eigenvalue weighted by Gasteiger charge is 2.37. The van der Waals surface area contributed by atoms with Crippen LogP contribution in [0, 0.1) is 5.82 Å². The molecule has 0 N–H and O–H groups in total. The molecule has 0 aromatic heterocycles. The molecule has 0 saturated heterocycles. The second kappa shape index (κ2) is 6.04. The maximum absolute atomic E-state index is 15.1. The van der Waals surface area contributed by atoms with E-state index >= 15 is 8.78 Å². The van der Waals surface area contributed by atoms with Crippen LogP contribution in [0.15, 0.2) is 59.5 Å². The summed E-state index contributed by atoms with van der Waals surface area (Å²) in [6.07, 6.45) is 0.962. The van der Waals surface area contributed by atoms with Crippen molar-refractivity contribution < 1.29 is 21.6 Å². The van der Waals surface area contributed by atoms with Crippen LogP contribution >= 0.6 is 11.6 Å². The van der Waals surface area contributed by atoms with Crippen LogP contribution in [0.4, 0.5) is 13.2 Å². The molecule has 0 amide bonds. The first kappa shape index (κ1) is 17.8. The van der Waals surface area contributed by atoms with Crippen molar-refractivity contribution in [3.05, 3.63) is 76.6 Å². The maximum Gasteiger partial charge on any atom is 0.300 e. The average Bonchev–Trinajstić information content (AvgIpc) is 2.52. The molecule has 0 aliphatic heterocycles. The molecule has 3 aromatic rings. The molecular weight excluding hydrogens is 373 g/mol. The Kier molecular flexibility index (Phi) is 4.29. The molecule has 0 radical (unpaired) electrons. The van der Waals surface area contributed by atoms with Gasteiger partial charge in [-0.2, -0.15) is 8.78 Å². The van der Waals surface area contributed by atoms with Crippen LogP contribution in [0.25, 0.3) is 10.8 Å². The summed E-state index contributed by atoms with van der Waals surface area (Å²) in [5, 5.41) is 0.152. The van der Waals surface area contributed by atoms with Gasteiger partial charge >= 0.3 is 0 Å². The highest BCUT2D eigenvalue weighted by molar-refractivity contribution is 7.90. The van der Waals surface area contributed by atoms with Crippen molar-refractivity contribution in [1.29, 1.82) is 0 Å². The second-order valence-electron chi connectivity index (χ2n) is 5.66. The van der Waals surface area contributed by atoms with Gasteiger partial charge in [0.1, 0.15) is 5.82 Å². The third-order valence-corrected chi connectivity index (χ3v) is 5.31. The van der Waals surface area contributed by atoms with E-state index in [2.05, 4.69) is 0 Å². The van der Waals surface area contributed by atoms with Crippen LogP contribution in [0.2, 0.25) is 5.02 Å². The molecule has 0 spiro atoms. The SMILES string of the molecule is CS(=O)(=O)c1ccc(C(F)(F)c2cccc3ccc(F)cc23)c(Cl)c1. The first-order valence-corrected chi connectivity index (χ1v) is 9.44. The van der Waals surface area contributed by atoms with Gasteiger partial charge < -0.3 is 0 Å². The zero-order valence-corrected chi connectivity index (χ0v) is 14.5. The van der Waals surface area contributed by atoms with Gasteiger partial charge in [0.05, 0.1) is 9.92 Å². The molecule has 7 heteroatoms.